The van der Waals surface area contributed by atoms with Crippen LogP contribution in [0.5, 0.6) is 5.75 Å². The van der Waals surface area contributed by atoms with Crippen LogP contribution in [-0.2, 0) is 5.75 Å². The molecule has 0 aliphatic rings. The van der Waals surface area contributed by atoms with Gasteiger partial charge >= 0.3 is 0 Å². The van der Waals surface area contributed by atoms with Crippen LogP contribution in [0.3, 0.4) is 0 Å². The van der Waals surface area contributed by atoms with Crippen LogP contribution < -0.4 is 10.1 Å². The lowest BCUT2D eigenvalue weighted by Gasteiger charge is -2.10. The molecule has 0 bridgehead atoms. The first kappa shape index (κ1) is 14.0. The van der Waals surface area contributed by atoms with Crippen molar-refractivity contribution in [1.82, 2.24) is 9.97 Å². The lowest BCUT2D eigenvalue weighted by atomic mass is 10.2. The fourth-order valence-electron chi connectivity index (χ4n) is 1.55. The first-order valence-corrected chi connectivity index (χ1v) is 7.05. The summed E-state index contributed by atoms with van der Waals surface area (Å²) in [5.41, 5.74) is 1.18. The van der Waals surface area contributed by atoms with Gasteiger partial charge in [0.25, 0.3) is 0 Å². The van der Waals surface area contributed by atoms with Crippen molar-refractivity contribution in [1.29, 1.82) is 0 Å². The summed E-state index contributed by atoms with van der Waals surface area (Å²) in [6.45, 7) is 0. The first-order valence-electron chi connectivity index (χ1n) is 5.68. The average Bonchev–Trinajstić information content (AvgIpc) is 2.46. The minimum absolute atomic E-state index is 0.670. The molecular formula is C13H14ClN3OS. The van der Waals surface area contributed by atoms with Crippen LogP contribution >= 0.6 is 23.4 Å². The second kappa shape index (κ2) is 6.63. The van der Waals surface area contributed by atoms with Crippen molar-refractivity contribution in [2.75, 3.05) is 19.5 Å². The molecule has 0 saturated heterocycles. The van der Waals surface area contributed by atoms with Crippen LogP contribution in [0.1, 0.15) is 5.56 Å². The Labute approximate surface area is 121 Å². The highest BCUT2D eigenvalue weighted by Crippen LogP contribution is 2.33. The van der Waals surface area contributed by atoms with Gasteiger partial charge in [-0.1, -0.05) is 35.5 Å². The van der Waals surface area contributed by atoms with Gasteiger partial charge in [0.05, 0.1) is 7.11 Å². The van der Waals surface area contributed by atoms with E-state index in [0.717, 1.165) is 15.8 Å². The van der Waals surface area contributed by atoms with Crippen LogP contribution in [0.4, 0.5) is 5.82 Å². The number of nitrogens with one attached hydrogen (secondary N) is 1. The lowest BCUT2D eigenvalue weighted by molar-refractivity contribution is 0.400. The SMILES string of the molecule is CNc1ncnc(SCc2ccc(Cl)cc2)c1OC. The normalized spacial score (nSPS) is 10.3. The summed E-state index contributed by atoms with van der Waals surface area (Å²) >= 11 is 7.46. The van der Waals surface area contributed by atoms with E-state index in [-0.39, 0.29) is 0 Å². The van der Waals surface area contributed by atoms with Crippen LogP contribution in [-0.4, -0.2) is 24.1 Å². The maximum absolute atomic E-state index is 5.86. The van der Waals surface area contributed by atoms with Gasteiger partial charge in [0.1, 0.15) is 11.4 Å². The van der Waals surface area contributed by atoms with E-state index in [9.17, 15) is 0 Å². The van der Waals surface area contributed by atoms with Crippen molar-refractivity contribution in [2.24, 2.45) is 0 Å². The zero-order chi connectivity index (χ0) is 13.7. The van der Waals surface area contributed by atoms with Gasteiger partial charge < -0.3 is 10.1 Å². The third kappa shape index (κ3) is 3.52. The molecule has 1 heterocycles. The summed E-state index contributed by atoms with van der Waals surface area (Å²) in [4.78, 5) is 8.37. The zero-order valence-electron chi connectivity index (χ0n) is 10.7. The molecule has 0 unspecified atom stereocenters. The molecular weight excluding hydrogens is 282 g/mol. The van der Waals surface area contributed by atoms with Gasteiger partial charge in [0.2, 0.25) is 0 Å². The highest BCUT2D eigenvalue weighted by atomic mass is 35.5. The number of methoxy groups -OCH3 is 1. The predicted molar refractivity (Wildman–Crippen MR) is 79.1 cm³/mol. The van der Waals surface area contributed by atoms with Gasteiger partial charge in [-0.05, 0) is 17.7 Å². The number of nitrogens with zero attached hydrogens (tertiary/aromatic N) is 2. The quantitative estimate of drug-likeness (QED) is 0.676. The summed E-state index contributed by atoms with van der Waals surface area (Å²) in [5.74, 6) is 2.16. The highest BCUT2D eigenvalue weighted by Gasteiger charge is 2.11. The van der Waals surface area contributed by atoms with Gasteiger partial charge in [0, 0.05) is 17.8 Å². The molecule has 0 amide bonds. The standard InChI is InChI=1S/C13H14ClN3OS/c1-15-12-11(18-2)13(17-8-16-12)19-7-9-3-5-10(14)6-4-9/h3-6,8H,7H2,1-2H3,(H,15,16,17). The van der Waals surface area contributed by atoms with E-state index in [1.807, 2.05) is 24.3 Å². The molecule has 0 saturated carbocycles. The highest BCUT2D eigenvalue weighted by molar-refractivity contribution is 7.98. The molecule has 0 aliphatic carbocycles. The van der Waals surface area contributed by atoms with E-state index in [2.05, 4.69) is 15.3 Å². The van der Waals surface area contributed by atoms with Gasteiger partial charge in [0.15, 0.2) is 11.6 Å². The van der Waals surface area contributed by atoms with Crippen LogP contribution in [0, 0.1) is 0 Å². The van der Waals surface area contributed by atoms with E-state index < -0.39 is 0 Å². The summed E-state index contributed by atoms with van der Waals surface area (Å²) in [6.07, 6.45) is 1.53. The topological polar surface area (TPSA) is 47.0 Å². The minimum Gasteiger partial charge on any atom is -0.490 e. The molecule has 1 aromatic heterocycles. The Balaban J connectivity index is 2.13. The largest absolute Gasteiger partial charge is 0.490 e. The Morgan fingerprint density at radius 3 is 2.63 bits per heavy atom. The summed E-state index contributed by atoms with van der Waals surface area (Å²) < 4.78 is 5.35. The summed E-state index contributed by atoms with van der Waals surface area (Å²) in [7, 11) is 3.42. The number of anilines is 1. The number of ether oxygens (including phenoxy) is 1. The van der Waals surface area contributed by atoms with Crippen molar-refractivity contribution in [3.63, 3.8) is 0 Å². The monoisotopic (exact) mass is 295 g/mol. The molecule has 6 heteroatoms. The number of rotatable bonds is 5. The van der Waals surface area contributed by atoms with Gasteiger partial charge in [-0.2, -0.15) is 0 Å². The molecule has 0 spiro atoms. The molecule has 0 fully saturated rings. The number of hydrogen-bond donors (Lipinski definition) is 1. The van der Waals surface area contributed by atoms with Crippen molar-refractivity contribution < 1.29 is 4.74 Å². The van der Waals surface area contributed by atoms with Crippen LogP contribution in [0.2, 0.25) is 5.02 Å². The third-order valence-electron chi connectivity index (χ3n) is 2.50. The maximum Gasteiger partial charge on any atom is 0.193 e. The number of halogens is 1. The Morgan fingerprint density at radius 1 is 1.26 bits per heavy atom. The Morgan fingerprint density at radius 2 is 2.00 bits per heavy atom. The van der Waals surface area contributed by atoms with E-state index in [0.29, 0.717) is 11.6 Å². The lowest BCUT2D eigenvalue weighted by Crippen LogP contribution is -2.00. The first-order chi connectivity index (χ1) is 9.24. The van der Waals surface area contributed by atoms with E-state index in [4.69, 9.17) is 16.3 Å². The number of aromatic nitrogens is 2. The molecule has 2 rings (SSSR count). The average molecular weight is 296 g/mol. The molecule has 2 aromatic rings. The molecule has 1 aromatic carbocycles. The van der Waals surface area contributed by atoms with Gasteiger partial charge in [-0.25, -0.2) is 9.97 Å². The fourth-order valence-corrected chi connectivity index (χ4v) is 2.61. The molecule has 0 atom stereocenters. The van der Waals surface area contributed by atoms with Crippen molar-refractivity contribution >= 4 is 29.2 Å². The second-order valence-corrected chi connectivity index (χ2v) is 5.13. The number of benzene rings is 1. The van der Waals surface area contributed by atoms with Crippen LogP contribution in [0.15, 0.2) is 35.6 Å². The smallest absolute Gasteiger partial charge is 0.193 e. The second-order valence-electron chi connectivity index (χ2n) is 3.73. The molecule has 4 nitrogen and oxygen atoms in total. The summed E-state index contributed by atoms with van der Waals surface area (Å²) in [6, 6.07) is 7.77. The predicted octanol–water partition coefficient (Wildman–Crippen LogP) is 3.47. The third-order valence-corrected chi connectivity index (χ3v) is 3.79. The van der Waals surface area contributed by atoms with Gasteiger partial charge in [-0.15, -0.1) is 0 Å². The van der Waals surface area contributed by atoms with Gasteiger partial charge in [-0.3, -0.25) is 0 Å². The van der Waals surface area contributed by atoms with Crippen LogP contribution in [0.25, 0.3) is 0 Å². The Kier molecular flexibility index (Phi) is 4.87. The maximum atomic E-state index is 5.86. The van der Waals surface area contributed by atoms with Crippen molar-refractivity contribution in [2.45, 2.75) is 10.8 Å². The van der Waals surface area contributed by atoms with Crippen molar-refractivity contribution in [3.8, 4) is 5.75 Å². The number of thioether (sulfide) groups is 1. The zero-order valence-corrected chi connectivity index (χ0v) is 12.3. The van der Waals surface area contributed by atoms with E-state index in [1.165, 1.54) is 11.9 Å². The minimum atomic E-state index is 0.670. The van der Waals surface area contributed by atoms with E-state index >= 15 is 0 Å². The Hall–Kier alpha value is -1.46. The molecule has 100 valence electrons. The fraction of sp³-hybridized carbons (Fsp3) is 0.231. The van der Waals surface area contributed by atoms with E-state index in [1.54, 1.807) is 25.9 Å². The molecule has 0 aliphatic heterocycles. The number of hydrogen-bond acceptors (Lipinski definition) is 5. The Bertz CT molecular complexity index is 548. The molecule has 0 radical (unpaired) electrons. The summed E-state index contributed by atoms with van der Waals surface area (Å²) in [5, 5.41) is 4.54. The van der Waals surface area contributed by atoms with Crippen molar-refractivity contribution in [3.05, 3.63) is 41.2 Å². The molecule has 1 N–H and O–H groups in total. The molecule has 19 heavy (non-hydrogen) atoms.